The first-order valence-corrected chi connectivity index (χ1v) is 9.42. The smallest absolute Gasteiger partial charge is 0.329 e. The molecule has 0 unspecified atom stereocenters. The number of likely N-dealkylation sites (tertiary alicyclic amines) is 1. The van der Waals surface area contributed by atoms with E-state index in [4.69, 9.17) is 16.3 Å². The van der Waals surface area contributed by atoms with Gasteiger partial charge in [0.15, 0.2) is 6.61 Å². The van der Waals surface area contributed by atoms with Crippen LogP contribution in [-0.4, -0.2) is 41.2 Å². The summed E-state index contributed by atoms with van der Waals surface area (Å²) in [6, 6.07) is 4.00. The Balaban J connectivity index is 1.57. The molecule has 148 valence electrons. The monoisotopic (exact) mass is 404 g/mol. The first-order chi connectivity index (χ1) is 13.3. The van der Waals surface area contributed by atoms with Crippen LogP contribution in [-0.2, 0) is 23.9 Å². The molecule has 0 spiro atoms. The van der Waals surface area contributed by atoms with Crippen molar-refractivity contribution in [2.24, 2.45) is 11.8 Å². The van der Waals surface area contributed by atoms with Gasteiger partial charge in [0.2, 0.25) is 11.8 Å². The number of nitrogens with one attached hydrogen (secondary N) is 1. The lowest BCUT2D eigenvalue weighted by molar-refractivity contribution is -0.159. The Morgan fingerprint density at radius 1 is 1.21 bits per heavy atom. The molecular formula is C20H21ClN2O5. The van der Waals surface area contributed by atoms with E-state index in [0.717, 1.165) is 4.90 Å². The van der Waals surface area contributed by atoms with Gasteiger partial charge in [0.25, 0.3) is 5.91 Å². The maximum Gasteiger partial charge on any atom is 0.329 e. The predicted octanol–water partition coefficient (Wildman–Crippen LogP) is 2.47. The molecule has 3 atom stereocenters. The second-order valence-electron chi connectivity index (χ2n) is 6.95. The lowest BCUT2D eigenvalue weighted by Gasteiger charge is -2.21. The topological polar surface area (TPSA) is 92.8 Å². The summed E-state index contributed by atoms with van der Waals surface area (Å²) in [5, 5.41) is 3.12. The van der Waals surface area contributed by atoms with Gasteiger partial charge in [0.05, 0.1) is 11.8 Å². The average Bonchev–Trinajstić information content (AvgIpc) is 2.94. The summed E-state index contributed by atoms with van der Waals surface area (Å²) in [6.45, 7) is 2.66. The van der Waals surface area contributed by atoms with E-state index in [9.17, 15) is 19.2 Å². The fraction of sp³-hybridized carbons (Fsp3) is 0.400. The molecule has 1 N–H and O–H groups in total. The zero-order valence-electron chi connectivity index (χ0n) is 15.6. The third-order valence-corrected chi connectivity index (χ3v) is 5.57. The quantitative estimate of drug-likeness (QED) is 0.462. The van der Waals surface area contributed by atoms with Crippen LogP contribution in [0.3, 0.4) is 0 Å². The molecule has 0 aromatic heterocycles. The summed E-state index contributed by atoms with van der Waals surface area (Å²) in [5.41, 5.74) is 1.21. The highest BCUT2D eigenvalue weighted by atomic mass is 35.5. The van der Waals surface area contributed by atoms with E-state index in [0.29, 0.717) is 29.1 Å². The van der Waals surface area contributed by atoms with Gasteiger partial charge >= 0.3 is 5.97 Å². The van der Waals surface area contributed by atoms with Crippen LogP contribution in [0.15, 0.2) is 30.4 Å². The zero-order valence-corrected chi connectivity index (χ0v) is 16.4. The van der Waals surface area contributed by atoms with Crippen molar-refractivity contribution in [2.75, 3.05) is 11.9 Å². The van der Waals surface area contributed by atoms with Crippen molar-refractivity contribution in [1.82, 2.24) is 4.90 Å². The second kappa shape index (κ2) is 8.14. The van der Waals surface area contributed by atoms with Crippen LogP contribution in [0.1, 0.15) is 25.3 Å². The molecule has 1 aliphatic carbocycles. The van der Waals surface area contributed by atoms with E-state index in [2.05, 4.69) is 5.32 Å². The number of benzene rings is 1. The van der Waals surface area contributed by atoms with Crippen LogP contribution in [0.25, 0.3) is 0 Å². The predicted molar refractivity (Wildman–Crippen MR) is 102 cm³/mol. The fourth-order valence-electron chi connectivity index (χ4n) is 3.50. The molecule has 3 amide bonds. The van der Waals surface area contributed by atoms with E-state index in [1.165, 1.54) is 6.92 Å². The molecule has 1 heterocycles. The molecule has 1 aromatic carbocycles. The maximum atomic E-state index is 12.5. The molecule has 7 nitrogen and oxygen atoms in total. The van der Waals surface area contributed by atoms with Gasteiger partial charge in [-0.2, -0.15) is 0 Å². The van der Waals surface area contributed by atoms with Gasteiger partial charge in [0, 0.05) is 10.7 Å². The Kier molecular flexibility index (Phi) is 5.84. The molecule has 2 aliphatic rings. The van der Waals surface area contributed by atoms with Crippen molar-refractivity contribution in [3.63, 3.8) is 0 Å². The van der Waals surface area contributed by atoms with Crippen LogP contribution in [0.5, 0.6) is 0 Å². The van der Waals surface area contributed by atoms with Crippen LogP contribution < -0.4 is 5.32 Å². The summed E-state index contributed by atoms with van der Waals surface area (Å²) < 4.78 is 5.02. The summed E-state index contributed by atoms with van der Waals surface area (Å²) in [6.07, 6.45) is 4.74. The summed E-state index contributed by atoms with van der Waals surface area (Å²) >= 11 is 6.01. The zero-order chi connectivity index (χ0) is 20.4. The van der Waals surface area contributed by atoms with Gasteiger partial charge in [-0.15, -0.1) is 0 Å². The van der Waals surface area contributed by atoms with Gasteiger partial charge in [-0.05, 0) is 44.4 Å². The molecule has 0 radical (unpaired) electrons. The van der Waals surface area contributed by atoms with Gasteiger partial charge in [-0.3, -0.25) is 19.3 Å². The summed E-state index contributed by atoms with van der Waals surface area (Å²) in [7, 11) is 0. The minimum atomic E-state index is -1.08. The van der Waals surface area contributed by atoms with Crippen molar-refractivity contribution in [2.45, 2.75) is 32.7 Å². The number of allylic oxidation sites excluding steroid dienone is 2. The normalized spacial score (nSPS) is 22.0. The Morgan fingerprint density at radius 2 is 1.82 bits per heavy atom. The van der Waals surface area contributed by atoms with Crippen molar-refractivity contribution < 1.29 is 23.9 Å². The largest absolute Gasteiger partial charge is 0.454 e. The Labute approximate surface area is 167 Å². The fourth-order valence-corrected chi connectivity index (χ4v) is 3.67. The highest BCUT2D eigenvalue weighted by Gasteiger charge is 2.50. The molecule has 8 heteroatoms. The van der Waals surface area contributed by atoms with E-state index < -0.39 is 36.4 Å². The number of anilines is 1. The standard InChI is InChI=1S/C20H21ClN2O5/c1-11-15(21)8-5-9-16(11)22-17(24)10-28-20(27)12(2)23-18(25)13-6-3-4-7-14(13)19(23)26/h3-5,8-9,12-14H,6-7,10H2,1-2H3,(H,22,24)/t12-,13+,14+/m0/s1. The molecule has 1 saturated heterocycles. The number of hydrogen-bond acceptors (Lipinski definition) is 5. The molecule has 3 rings (SSSR count). The van der Waals surface area contributed by atoms with E-state index in [1.807, 2.05) is 12.2 Å². The van der Waals surface area contributed by atoms with Crippen molar-refractivity contribution in [3.8, 4) is 0 Å². The number of nitrogens with zero attached hydrogens (tertiary/aromatic N) is 1. The van der Waals surface area contributed by atoms with E-state index in [1.54, 1.807) is 25.1 Å². The highest BCUT2D eigenvalue weighted by molar-refractivity contribution is 6.31. The number of fused-ring (bicyclic) bond motifs is 1. The van der Waals surface area contributed by atoms with E-state index >= 15 is 0 Å². The van der Waals surface area contributed by atoms with Crippen molar-refractivity contribution in [3.05, 3.63) is 40.9 Å². The SMILES string of the molecule is Cc1c(Cl)cccc1NC(=O)COC(=O)[C@H](C)N1C(=O)[C@@H]2CC=CC[C@H]2C1=O. The van der Waals surface area contributed by atoms with Crippen molar-refractivity contribution >= 4 is 41.0 Å². The second-order valence-corrected chi connectivity index (χ2v) is 7.35. The maximum absolute atomic E-state index is 12.5. The summed E-state index contributed by atoms with van der Waals surface area (Å²) in [5.74, 6) is -2.89. The number of hydrogen-bond donors (Lipinski definition) is 1. The molecule has 0 bridgehead atoms. The number of rotatable bonds is 5. The number of imide groups is 1. The third kappa shape index (κ3) is 3.80. The Morgan fingerprint density at radius 3 is 2.43 bits per heavy atom. The highest BCUT2D eigenvalue weighted by Crippen LogP contribution is 2.36. The van der Waals surface area contributed by atoms with Crippen LogP contribution >= 0.6 is 11.6 Å². The average molecular weight is 405 g/mol. The van der Waals surface area contributed by atoms with Gasteiger partial charge in [-0.1, -0.05) is 29.8 Å². The number of amides is 3. The summed E-state index contributed by atoms with van der Waals surface area (Å²) in [4.78, 5) is 50.4. The minimum absolute atomic E-state index is 0.359. The molecule has 0 saturated carbocycles. The number of ether oxygens (including phenoxy) is 1. The van der Waals surface area contributed by atoms with E-state index in [-0.39, 0.29) is 11.8 Å². The Bertz CT molecular complexity index is 840. The molecule has 1 fully saturated rings. The first kappa shape index (κ1) is 20.1. The number of halogens is 1. The van der Waals surface area contributed by atoms with Crippen LogP contribution in [0.4, 0.5) is 5.69 Å². The lowest BCUT2D eigenvalue weighted by atomic mass is 9.85. The number of esters is 1. The Hall–Kier alpha value is -2.67. The van der Waals surface area contributed by atoms with Gasteiger partial charge in [0.1, 0.15) is 6.04 Å². The molecule has 28 heavy (non-hydrogen) atoms. The number of carbonyl (C=O) groups excluding carboxylic acids is 4. The van der Waals surface area contributed by atoms with Gasteiger partial charge < -0.3 is 10.1 Å². The third-order valence-electron chi connectivity index (χ3n) is 5.16. The molecule has 1 aliphatic heterocycles. The van der Waals surface area contributed by atoms with Crippen LogP contribution in [0.2, 0.25) is 5.02 Å². The molecular weight excluding hydrogens is 384 g/mol. The van der Waals surface area contributed by atoms with Crippen molar-refractivity contribution in [1.29, 1.82) is 0 Å². The first-order valence-electron chi connectivity index (χ1n) is 9.04. The number of carbonyl (C=O) groups is 4. The lowest BCUT2D eigenvalue weighted by Crippen LogP contribution is -2.45. The van der Waals surface area contributed by atoms with Gasteiger partial charge in [-0.25, -0.2) is 4.79 Å². The molecule has 1 aromatic rings. The minimum Gasteiger partial charge on any atom is -0.454 e. The van der Waals surface area contributed by atoms with Crippen LogP contribution in [0, 0.1) is 18.8 Å².